The highest BCUT2D eigenvalue weighted by molar-refractivity contribution is 5.94. The van der Waals surface area contributed by atoms with Crippen LogP contribution >= 0.6 is 0 Å². The third kappa shape index (κ3) is 0.601. The van der Waals surface area contributed by atoms with Gasteiger partial charge in [-0.15, -0.1) is 0 Å². The number of hydrogen-bond acceptors (Lipinski definition) is 3. The predicted octanol–water partition coefficient (Wildman–Crippen LogP) is 0.541. The Morgan fingerprint density at radius 3 is 3.00 bits per heavy atom. The minimum absolute atomic E-state index is 0.517. The Labute approximate surface area is 65.7 Å². The van der Waals surface area contributed by atoms with Crippen molar-refractivity contribution in [3.63, 3.8) is 0 Å². The summed E-state index contributed by atoms with van der Waals surface area (Å²) in [5.74, 6) is 1.50. The number of oxime groups is 1. The second-order valence-electron chi connectivity index (χ2n) is 4.03. The van der Waals surface area contributed by atoms with Gasteiger partial charge in [-0.05, 0) is 18.8 Å². The van der Waals surface area contributed by atoms with Crippen molar-refractivity contribution in [2.45, 2.75) is 18.9 Å². The van der Waals surface area contributed by atoms with Gasteiger partial charge in [0.2, 0.25) is 0 Å². The van der Waals surface area contributed by atoms with Crippen molar-refractivity contribution in [3.05, 3.63) is 0 Å². The predicted molar refractivity (Wildman–Crippen MR) is 40.8 cm³/mol. The van der Waals surface area contributed by atoms with Gasteiger partial charge in [0.25, 0.3) is 0 Å². The van der Waals surface area contributed by atoms with Crippen molar-refractivity contribution in [2.75, 3.05) is 13.1 Å². The number of nitrogens with zero attached hydrogens (tertiary/aromatic N) is 2. The Kier molecular flexibility index (Phi) is 0.969. The second kappa shape index (κ2) is 1.78. The van der Waals surface area contributed by atoms with Crippen molar-refractivity contribution < 1.29 is 5.21 Å². The Morgan fingerprint density at radius 2 is 2.27 bits per heavy atom. The molecule has 1 saturated carbocycles. The lowest BCUT2D eigenvalue weighted by Crippen LogP contribution is -2.28. The lowest BCUT2D eigenvalue weighted by atomic mass is 9.82. The van der Waals surface area contributed by atoms with Crippen LogP contribution in [0.4, 0.5) is 0 Å². The fourth-order valence-electron chi connectivity index (χ4n) is 3.07. The molecule has 1 aliphatic carbocycles. The first-order valence-electron chi connectivity index (χ1n) is 4.34. The van der Waals surface area contributed by atoms with Gasteiger partial charge in [0.15, 0.2) is 0 Å². The van der Waals surface area contributed by atoms with Crippen molar-refractivity contribution in [1.82, 2.24) is 4.90 Å². The maximum atomic E-state index is 8.77. The Morgan fingerprint density at radius 1 is 1.36 bits per heavy atom. The van der Waals surface area contributed by atoms with Gasteiger partial charge in [-0.3, -0.25) is 4.90 Å². The summed E-state index contributed by atoms with van der Waals surface area (Å²) in [6.45, 7) is 2.40. The lowest BCUT2D eigenvalue weighted by Gasteiger charge is -2.23. The first-order chi connectivity index (χ1) is 5.38. The molecule has 0 aromatic heterocycles. The van der Waals surface area contributed by atoms with E-state index in [0.29, 0.717) is 12.0 Å². The minimum Gasteiger partial charge on any atom is -0.411 e. The number of hydrogen-bond donors (Lipinski definition) is 1. The smallest absolute Gasteiger partial charge is 0.0785 e. The lowest BCUT2D eigenvalue weighted by molar-refractivity contribution is 0.261. The van der Waals surface area contributed by atoms with E-state index in [-0.39, 0.29) is 0 Å². The largest absolute Gasteiger partial charge is 0.411 e. The molecule has 4 rings (SSSR count). The molecule has 4 aliphatic rings. The topological polar surface area (TPSA) is 35.8 Å². The highest BCUT2D eigenvalue weighted by Gasteiger charge is 2.50. The average molecular weight is 152 g/mol. The zero-order valence-corrected chi connectivity index (χ0v) is 6.40. The van der Waals surface area contributed by atoms with Crippen LogP contribution in [0.2, 0.25) is 0 Å². The first-order valence-corrected chi connectivity index (χ1v) is 4.34. The summed E-state index contributed by atoms with van der Waals surface area (Å²) in [5.41, 5.74) is 1.07. The molecule has 0 aromatic carbocycles. The van der Waals surface area contributed by atoms with E-state index in [2.05, 4.69) is 10.1 Å². The van der Waals surface area contributed by atoms with Crippen LogP contribution in [0.3, 0.4) is 0 Å². The monoisotopic (exact) mass is 152 g/mol. The quantitative estimate of drug-likeness (QED) is 0.406. The SMILES string of the molecule is ON=C1C2CC3CC1N(C3)C2. The minimum atomic E-state index is 0.517. The van der Waals surface area contributed by atoms with Gasteiger partial charge in [-0.1, -0.05) is 5.16 Å². The molecule has 0 spiro atoms. The summed E-state index contributed by atoms with van der Waals surface area (Å²) in [4.78, 5) is 2.47. The maximum absolute atomic E-state index is 8.77. The van der Waals surface area contributed by atoms with E-state index in [9.17, 15) is 0 Å². The summed E-state index contributed by atoms with van der Waals surface area (Å²) in [6.07, 6.45) is 2.52. The molecule has 0 amide bonds. The molecule has 1 N–H and O–H groups in total. The van der Waals surface area contributed by atoms with Crippen molar-refractivity contribution >= 4 is 5.71 Å². The van der Waals surface area contributed by atoms with Crippen LogP contribution in [-0.2, 0) is 0 Å². The van der Waals surface area contributed by atoms with E-state index < -0.39 is 0 Å². The van der Waals surface area contributed by atoms with Crippen molar-refractivity contribution in [2.24, 2.45) is 17.0 Å². The highest BCUT2D eigenvalue weighted by Crippen LogP contribution is 2.43. The Hall–Kier alpha value is -0.570. The normalized spacial score (nSPS) is 56.2. The second-order valence-corrected chi connectivity index (χ2v) is 4.03. The molecule has 3 aliphatic heterocycles. The third-order valence-corrected chi connectivity index (χ3v) is 3.44. The van der Waals surface area contributed by atoms with Crippen LogP contribution in [-0.4, -0.2) is 35.0 Å². The van der Waals surface area contributed by atoms with Crippen molar-refractivity contribution in [1.29, 1.82) is 0 Å². The van der Waals surface area contributed by atoms with E-state index in [1.54, 1.807) is 0 Å². The molecule has 0 aromatic rings. The van der Waals surface area contributed by atoms with Crippen LogP contribution in [0.15, 0.2) is 5.16 Å². The Bertz CT molecular complexity index is 222. The fourth-order valence-corrected chi connectivity index (χ4v) is 3.07. The van der Waals surface area contributed by atoms with Crippen LogP contribution < -0.4 is 0 Å². The molecule has 3 nitrogen and oxygen atoms in total. The average Bonchev–Trinajstić information content (AvgIpc) is 2.40. The summed E-state index contributed by atoms with van der Waals surface area (Å²) >= 11 is 0. The molecule has 3 heterocycles. The van der Waals surface area contributed by atoms with Crippen LogP contribution in [0.1, 0.15) is 12.8 Å². The summed E-state index contributed by atoms with van der Waals surface area (Å²) in [7, 11) is 0. The molecule has 11 heavy (non-hydrogen) atoms. The summed E-state index contributed by atoms with van der Waals surface area (Å²) < 4.78 is 0. The molecule has 3 saturated heterocycles. The molecule has 60 valence electrons. The standard InChI is InChI=1S/C8H12N2O/c11-9-8-6-1-5-2-7(8)10(3-5)4-6/h5-7,11H,1-4H2. The van der Waals surface area contributed by atoms with Crippen LogP contribution in [0, 0.1) is 11.8 Å². The zero-order chi connectivity index (χ0) is 7.42. The van der Waals surface area contributed by atoms with Gasteiger partial charge >= 0.3 is 0 Å². The molecule has 0 radical (unpaired) electrons. The first kappa shape index (κ1) is 6.00. The summed E-state index contributed by atoms with van der Waals surface area (Å²) in [6, 6.07) is 0.517. The van der Waals surface area contributed by atoms with Crippen LogP contribution in [0.25, 0.3) is 0 Å². The van der Waals surface area contributed by atoms with Crippen molar-refractivity contribution in [3.8, 4) is 0 Å². The van der Waals surface area contributed by atoms with E-state index in [4.69, 9.17) is 5.21 Å². The van der Waals surface area contributed by atoms with Gasteiger partial charge in [0.05, 0.1) is 11.8 Å². The van der Waals surface area contributed by atoms with E-state index >= 15 is 0 Å². The van der Waals surface area contributed by atoms with E-state index in [1.807, 2.05) is 0 Å². The Balaban J connectivity index is 2.03. The molecule has 4 bridgehead atoms. The van der Waals surface area contributed by atoms with Gasteiger partial charge in [0, 0.05) is 19.0 Å². The molecule has 4 unspecified atom stereocenters. The van der Waals surface area contributed by atoms with E-state index in [1.165, 1.54) is 19.4 Å². The molecule has 4 atom stereocenters. The highest BCUT2D eigenvalue weighted by atomic mass is 16.4. The molecule has 4 fully saturated rings. The van der Waals surface area contributed by atoms with Gasteiger partial charge in [-0.2, -0.15) is 0 Å². The van der Waals surface area contributed by atoms with Crippen LogP contribution in [0.5, 0.6) is 0 Å². The maximum Gasteiger partial charge on any atom is 0.0785 e. The number of rotatable bonds is 0. The number of piperidine rings is 1. The van der Waals surface area contributed by atoms with Gasteiger partial charge < -0.3 is 5.21 Å². The zero-order valence-electron chi connectivity index (χ0n) is 6.40. The fraction of sp³-hybridized carbons (Fsp3) is 0.875. The summed E-state index contributed by atoms with van der Waals surface area (Å²) in [5, 5.41) is 12.2. The third-order valence-electron chi connectivity index (χ3n) is 3.44. The van der Waals surface area contributed by atoms with E-state index in [0.717, 1.165) is 18.2 Å². The molecular weight excluding hydrogens is 140 g/mol. The van der Waals surface area contributed by atoms with Gasteiger partial charge in [0.1, 0.15) is 0 Å². The van der Waals surface area contributed by atoms with Gasteiger partial charge in [-0.25, -0.2) is 0 Å². The molecular formula is C8H12N2O. The molecule has 3 heteroatoms.